The fourth-order valence-electron chi connectivity index (χ4n) is 2.20. The normalized spacial score (nSPS) is 12.2. The maximum Gasteiger partial charge on any atom is 0.251 e. The van der Waals surface area contributed by atoms with Crippen LogP contribution in [0, 0.1) is 0 Å². The fourth-order valence-corrected chi connectivity index (χ4v) is 2.20. The fraction of sp³-hybridized carbons (Fsp3) is 0.333. The minimum atomic E-state index is -0.0154. The van der Waals surface area contributed by atoms with E-state index in [1.807, 2.05) is 30.3 Å². The zero-order valence-electron chi connectivity index (χ0n) is 12.8. The van der Waals surface area contributed by atoms with Crippen molar-refractivity contribution in [2.24, 2.45) is 0 Å². The van der Waals surface area contributed by atoms with Gasteiger partial charge in [-0.05, 0) is 47.2 Å². The number of aromatic nitrogens is 1. The number of hydrogen-bond acceptors (Lipinski definition) is 2. The van der Waals surface area contributed by atoms with Gasteiger partial charge < -0.3 is 5.32 Å². The van der Waals surface area contributed by atoms with Gasteiger partial charge >= 0.3 is 0 Å². The molecule has 3 nitrogen and oxygen atoms in total. The van der Waals surface area contributed by atoms with Gasteiger partial charge in [0.05, 0.1) is 0 Å². The Hall–Kier alpha value is -2.16. The lowest BCUT2D eigenvalue weighted by Gasteiger charge is -2.13. The van der Waals surface area contributed by atoms with Gasteiger partial charge in [-0.15, -0.1) is 0 Å². The van der Waals surface area contributed by atoms with Crippen LogP contribution in [0.4, 0.5) is 0 Å². The van der Waals surface area contributed by atoms with Gasteiger partial charge in [0, 0.05) is 24.5 Å². The Morgan fingerprint density at radius 3 is 2.48 bits per heavy atom. The summed E-state index contributed by atoms with van der Waals surface area (Å²) < 4.78 is 0. The highest BCUT2D eigenvalue weighted by Crippen LogP contribution is 2.16. The quantitative estimate of drug-likeness (QED) is 0.907. The number of carbonyl (C=O) groups is 1. The molecule has 0 bridgehead atoms. The van der Waals surface area contributed by atoms with Crippen molar-refractivity contribution in [3.63, 3.8) is 0 Å². The molecule has 1 N–H and O–H groups in total. The summed E-state index contributed by atoms with van der Waals surface area (Å²) in [6.07, 6.45) is 3.56. The summed E-state index contributed by atoms with van der Waals surface area (Å²) >= 11 is 0. The van der Waals surface area contributed by atoms with Crippen molar-refractivity contribution < 1.29 is 4.79 Å². The van der Waals surface area contributed by atoms with Crippen molar-refractivity contribution in [3.8, 4) is 0 Å². The first-order chi connectivity index (χ1) is 10.1. The van der Waals surface area contributed by atoms with E-state index in [0.717, 1.165) is 5.56 Å². The first kappa shape index (κ1) is 15.2. The van der Waals surface area contributed by atoms with E-state index in [9.17, 15) is 4.79 Å². The smallest absolute Gasteiger partial charge is 0.251 e. The maximum atomic E-state index is 12.2. The molecule has 2 aromatic rings. The van der Waals surface area contributed by atoms with Gasteiger partial charge in [-0.3, -0.25) is 9.78 Å². The van der Waals surface area contributed by atoms with Gasteiger partial charge in [0.15, 0.2) is 0 Å². The predicted molar refractivity (Wildman–Crippen MR) is 85.5 cm³/mol. The number of benzene rings is 1. The topological polar surface area (TPSA) is 42.0 Å². The Kier molecular flexibility index (Phi) is 5.09. The van der Waals surface area contributed by atoms with Gasteiger partial charge in [0.1, 0.15) is 0 Å². The molecule has 0 spiro atoms. The molecule has 0 radical (unpaired) electrons. The molecular weight excluding hydrogens is 260 g/mol. The van der Waals surface area contributed by atoms with Crippen LogP contribution in [-0.4, -0.2) is 17.4 Å². The number of nitrogens with one attached hydrogen (secondary N) is 1. The highest BCUT2D eigenvalue weighted by atomic mass is 16.1. The van der Waals surface area contributed by atoms with Crippen molar-refractivity contribution in [2.45, 2.75) is 32.6 Å². The number of amides is 1. The molecule has 0 aliphatic heterocycles. The lowest BCUT2D eigenvalue weighted by molar-refractivity contribution is 0.0951. The van der Waals surface area contributed by atoms with E-state index in [1.54, 1.807) is 12.4 Å². The molecule has 0 saturated heterocycles. The predicted octanol–water partition coefficient (Wildman–Crippen LogP) is 3.74. The van der Waals surface area contributed by atoms with Crippen LogP contribution < -0.4 is 5.32 Å². The molecule has 2 rings (SSSR count). The Balaban J connectivity index is 1.97. The highest BCUT2D eigenvalue weighted by Gasteiger charge is 2.10. The first-order valence-electron chi connectivity index (χ1n) is 7.36. The zero-order valence-corrected chi connectivity index (χ0v) is 12.8. The summed E-state index contributed by atoms with van der Waals surface area (Å²) in [5, 5.41) is 3.00. The van der Waals surface area contributed by atoms with Crippen molar-refractivity contribution >= 4 is 5.91 Å². The van der Waals surface area contributed by atoms with E-state index < -0.39 is 0 Å². The Morgan fingerprint density at radius 2 is 1.81 bits per heavy atom. The van der Waals surface area contributed by atoms with Crippen LogP contribution in [0.3, 0.4) is 0 Å². The van der Waals surface area contributed by atoms with Crippen molar-refractivity contribution in [1.29, 1.82) is 0 Å². The van der Waals surface area contributed by atoms with Gasteiger partial charge in [-0.25, -0.2) is 0 Å². The summed E-state index contributed by atoms with van der Waals surface area (Å²) in [5.74, 6) is 0.678. The van der Waals surface area contributed by atoms with E-state index in [0.29, 0.717) is 12.5 Å². The average molecular weight is 282 g/mol. The van der Waals surface area contributed by atoms with Crippen LogP contribution in [0.1, 0.15) is 54.1 Å². The molecule has 1 aromatic carbocycles. The number of rotatable bonds is 5. The van der Waals surface area contributed by atoms with Gasteiger partial charge in [0.2, 0.25) is 0 Å². The van der Waals surface area contributed by atoms with Crippen LogP contribution in [0.15, 0.2) is 48.8 Å². The molecule has 110 valence electrons. The first-order valence-corrected chi connectivity index (χ1v) is 7.36. The van der Waals surface area contributed by atoms with E-state index in [-0.39, 0.29) is 11.8 Å². The average Bonchev–Trinajstić information content (AvgIpc) is 2.53. The Bertz CT molecular complexity index is 593. The van der Waals surface area contributed by atoms with Crippen LogP contribution in [-0.2, 0) is 0 Å². The standard InChI is InChI=1S/C18H22N2O/c1-13(2)16-5-4-6-17(11-16)18(21)20-12-14(3)15-7-9-19-10-8-15/h4-11,13-14H,12H2,1-3H3,(H,20,21). The molecule has 0 aliphatic carbocycles. The molecule has 0 aliphatic rings. The van der Waals surface area contributed by atoms with Gasteiger partial charge in [-0.1, -0.05) is 32.9 Å². The van der Waals surface area contributed by atoms with Crippen LogP contribution in [0.2, 0.25) is 0 Å². The Labute approximate surface area is 126 Å². The van der Waals surface area contributed by atoms with Crippen molar-refractivity contribution in [1.82, 2.24) is 10.3 Å². The molecule has 0 fully saturated rings. The molecule has 1 unspecified atom stereocenters. The zero-order chi connectivity index (χ0) is 15.2. The van der Waals surface area contributed by atoms with Crippen molar-refractivity contribution in [3.05, 3.63) is 65.5 Å². The third-order valence-electron chi connectivity index (χ3n) is 3.66. The molecule has 1 amide bonds. The lowest BCUT2D eigenvalue weighted by Crippen LogP contribution is -2.27. The largest absolute Gasteiger partial charge is 0.351 e. The van der Waals surface area contributed by atoms with Crippen LogP contribution >= 0.6 is 0 Å². The van der Waals surface area contributed by atoms with Crippen molar-refractivity contribution in [2.75, 3.05) is 6.54 Å². The molecule has 1 aromatic heterocycles. The molecule has 3 heteroatoms. The number of nitrogens with zero attached hydrogens (tertiary/aromatic N) is 1. The minimum Gasteiger partial charge on any atom is -0.351 e. The SMILES string of the molecule is CC(C)c1cccc(C(=O)NCC(C)c2ccncc2)c1. The molecule has 0 saturated carbocycles. The second-order valence-electron chi connectivity index (χ2n) is 5.67. The molecule has 21 heavy (non-hydrogen) atoms. The third-order valence-corrected chi connectivity index (χ3v) is 3.66. The van der Waals surface area contributed by atoms with E-state index in [2.05, 4.69) is 37.1 Å². The van der Waals surface area contributed by atoms with E-state index in [1.165, 1.54) is 11.1 Å². The number of hydrogen-bond donors (Lipinski definition) is 1. The summed E-state index contributed by atoms with van der Waals surface area (Å²) in [6, 6.07) is 11.8. The maximum absolute atomic E-state index is 12.2. The number of carbonyl (C=O) groups excluding carboxylic acids is 1. The summed E-state index contributed by atoms with van der Waals surface area (Å²) in [4.78, 5) is 16.2. The monoisotopic (exact) mass is 282 g/mol. The number of pyridine rings is 1. The summed E-state index contributed by atoms with van der Waals surface area (Å²) in [5.41, 5.74) is 3.09. The highest BCUT2D eigenvalue weighted by molar-refractivity contribution is 5.94. The van der Waals surface area contributed by atoms with Gasteiger partial charge in [-0.2, -0.15) is 0 Å². The van der Waals surface area contributed by atoms with Crippen LogP contribution in [0.25, 0.3) is 0 Å². The van der Waals surface area contributed by atoms with Crippen LogP contribution in [0.5, 0.6) is 0 Å². The molecule has 1 atom stereocenters. The molecular formula is C18H22N2O. The summed E-state index contributed by atoms with van der Waals surface area (Å²) in [6.45, 7) is 6.97. The van der Waals surface area contributed by atoms with E-state index in [4.69, 9.17) is 0 Å². The Morgan fingerprint density at radius 1 is 1.10 bits per heavy atom. The second kappa shape index (κ2) is 7.02. The second-order valence-corrected chi connectivity index (χ2v) is 5.67. The lowest BCUT2D eigenvalue weighted by atomic mass is 10.00. The summed E-state index contributed by atoms with van der Waals surface area (Å²) in [7, 11) is 0. The molecule has 1 heterocycles. The minimum absolute atomic E-state index is 0.0154. The van der Waals surface area contributed by atoms with E-state index >= 15 is 0 Å². The third kappa shape index (κ3) is 4.15. The van der Waals surface area contributed by atoms with Gasteiger partial charge in [0.25, 0.3) is 5.91 Å².